The molecule has 0 saturated carbocycles. The number of amides is 2. The largest absolute Gasteiger partial charge is 0.394 e. The van der Waals surface area contributed by atoms with Gasteiger partial charge >= 0.3 is 0 Å². The molecule has 6 heteroatoms. The predicted octanol–water partition coefficient (Wildman–Crippen LogP) is 4.28. The fraction of sp³-hybridized carbons (Fsp3) is 0.692. The van der Waals surface area contributed by atoms with Crippen molar-refractivity contribution in [2.45, 2.75) is 97.1 Å². The van der Waals surface area contributed by atoms with Crippen LogP contribution in [0.15, 0.2) is 36.5 Å². The lowest BCUT2D eigenvalue weighted by Gasteiger charge is -2.26. The van der Waals surface area contributed by atoms with Crippen molar-refractivity contribution in [3.05, 3.63) is 36.5 Å². The summed E-state index contributed by atoms with van der Waals surface area (Å²) >= 11 is 0. The van der Waals surface area contributed by atoms with E-state index in [4.69, 9.17) is 10.2 Å². The zero-order chi connectivity index (χ0) is 24.0. The molecule has 0 aliphatic heterocycles. The van der Waals surface area contributed by atoms with Crippen molar-refractivity contribution < 1.29 is 19.8 Å². The molecule has 0 aliphatic carbocycles. The number of nitrogens with one attached hydrogen (secondary N) is 1. The molecule has 0 aromatic rings. The van der Waals surface area contributed by atoms with Crippen LogP contribution in [0.1, 0.15) is 85.0 Å². The molecule has 0 aromatic heterocycles. The van der Waals surface area contributed by atoms with Gasteiger partial charge in [0.05, 0.1) is 19.3 Å². The molecule has 0 saturated heterocycles. The lowest BCUT2D eigenvalue weighted by atomic mass is 10.1. The van der Waals surface area contributed by atoms with Gasteiger partial charge in [0.25, 0.3) is 0 Å². The highest BCUT2D eigenvalue weighted by molar-refractivity contribution is 5.76. The van der Waals surface area contributed by atoms with E-state index in [0.29, 0.717) is 12.8 Å². The number of hydrogen-bond donors (Lipinski definition) is 3. The van der Waals surface area contributed by atoms with Crippen molar-refractivity contribution in [2.75, 3.05) is 19.8 Å². The molecule has 0 spiro atoms. The van der Waals surface area contributed by atoms with E-state index >= 15 is 0 Å². The standard InChI is InChI=1S/C26H46N2O4/c1-4-5-15-19-26(32)28(23(2)3)20-17-14-12-10-8-6-7-9-11-13-16-18-25(31)27-24(21-29)22-30/h6,8-9,11-12,14,23-24,29-30H,4-5,7,10,13,15-22H2,1-3H3,(H,27,31)/b8-6-,11-9-,14-12-. The van der Waals surface area contributed by atoms with Gasteiger partial charge in [0.1, 0.15) is 0 Å². The number of allylic oxidation sites excluding steroid dienone is 5. The van der Waals surface area contributed by atoms with Crippen LogP contribution < -0.4 is 5.32 Å². The van der Waals surface area contributed by atoms with Crippen molar-refractivity contribution in [2.24, 2.45) is 0 Å². The van der Waals surface area contributed by atoms with Gasteiger partial charge < -0.3 is 20.4 Å². The van der Waals surface area contributed by atoms with Crippen molar-refractivity contribution >= 4 is 11.8 Å². The Morgan fingerprint density at radius 1 is 0.844 bits per heavy atom. The lowest BCUT2D eigenvalue weighted by Crippen LogP contribution is -2.39. The molecule has 0 bridgehead atoms. The number of aliphatic hydroxyl groups excluding tert-OH is 2. The summed E-state index contributed by atoms with van der Waals surface area (Å²) in [5, 5.41) is 20.4. The van der Waals surface area contributed by atoms with Crippen LogP contribution in [0.25, 0.3) is 0 Å². The SMILES string of the molecule is CCCCCC(=O)N(CC/C=C\C/C=C\C/C=C\CCCC(=O)NC(CO)CO)C(C)C. The smallest absolute Gasteiger partial charge is 0.222 e. The van der Waals surface area contributed by atoms with Crippen molar-refractivity contribution in [1.82, 2.24) is 10.2 Å². The molecule has 6 nitrogen and oxygen atoms in total. The molecule has 0 rings (SSSR count). The first-order chi connectivity index (χ1) is 15.5. The Bertz CT molecular complexity index is 566. The first-order valence-corrected chi connectivity index (χ1v) is 12.2. The van der Waals surface area contributed by atoms with Crippen LogP contribution in [0.4, 0.5) is 0 Å². The van der Waals surface area contributed by atoms with E-state index in [9.17, 15) is 9.59 Å². The average Bonchev–Trinajstić information content (AvgIpc) is 2.77. The van der Waals surface area contributed by atoms with Gasteiger partial charge in [0.2, 0.25) is 11.8 Å². The normalized spacial score (nSPS) is 12.1. The number of carbonyl (C=O) groups is 2. The van der Waals surface area contributed by atoms with E-state index < -0.39 is 6.04 Å². The summed E-state index contributed by atoms with van der Waals surface area (Å²) in [7, 11) is 0. The maximum Gasteiger partial charge on any atom is 0.222 e. The van der Waals surface area contributed by atoms with Gasteiger partial charge in [-0.15, -0.1) is 0 Å². The topological polar surface area (TPSA) is 89.9 Å². The van der Waals surface area contributed by atoms with Crippen LogP contribution in [0.5, 0.6) is 0 Å². The monoisotopic (exact) mass is 450 g/mol. The summed E-state index contributed by atoms with van der Waals surface area (Å²) < 4.78 is 0. The van der Waals surface area contributed by atoms with Crippen LogP contribution in [0.2, 0.25) is 0 Å². The van der Waals surface area contributed by atoms with Gasteiger partial charge in [0.15, 0.2) is 0 Å². The second-order valence-electron chi connectivity index (χ2n) is 8.33. The van der Waals surface area contributed by atoms with Crippen molar-refractivity contribution in [3.63, 3.8) is 0 Å². The molecular formula is C26H46N2O4. The minimum atomic E-state index is -0.565. The second-order valence-corrected chi connectivity index (χ2v) is 8.33. The molecule has 32 heavy (non-hydrogen) atoms. The summed E-state index contributed by atoms with van der Waals surface area (Å²) in [5.74, 6) is 0.129. The van der Waals surface area contributed by atoms with E-state index in [-0.39, 0.29) is 31.1 Å². The highest BCUT2D eigenvalue weighted by Crippen LogP contribution is 2.08. The third-order valence-corrected chi connectivity index (χ3v) is 5.10. The quantitative estimate of drug-likeness (QED) is 0.202. The average molecular weight is 451 g/mol. The predicted molar refractivity (Wildman–Crippen MR) is 132 cm³/mol. The number of unbranched alkanes of at least 4 members (excludes halogenated alkanes) is 3. The molecule has 0 heterocycles. The molecule has 3 N–H and O–H groups in total. The zero-order valence-electron chi connectivity index (χ0n) is 20.5. The zero-order valence-corrected chi connectivity index (χ0v) is 20.5. The first kappa shape index (κ1) is 30.1. The fourth-order valence-electron chi connectivity index (χ4n) is 3.16. The van der Waals surface area contributed by atoms with Crippen LogP contribution in [-0.2, 0) is 9.59 Å². The van der Waals surface area contributed by atoms with E-state index in [2.05, 4.69) is 62.5 Å². The fourth-order valence-corrected chi connectivity index (χ4v) is 3.16. The molecule has 2 amide bonds. The molecule has 0 atom stereocenters. The molecule has 0 aromatic carbocycles. The minimum absolute atomic E-state index is 0.143. The van der Waals surface area contributed by atoms with Crippen LogP contribution in [-0.4, -0.2) is 58.8 Å². The highest BCUT2D eigenvalue weighted by Gasteiger charge is 2.15. The summed E-state index contributed by atoms with van der Waals surface area (Å²) in [6, 6.07) is -0.319. The third-order valence-electron chi connectivity index (χ3n) is 5.10. The summed E-state index contributed by atoms with van der Waals surface area (Å²) in [6.45, 7) is 6.59. The molecule has 0 fully saturated rings. The number of nitrogens with zero attached hydrogens (tertiary/aromatic N) is 1. The first-order valence-electron chi connectivity index (χ1n) is 12.2. The van der Waals surface area contributed by atoms with Crippen molar-refractivity contribution in [1.29, 1.82) is 0 Å². The van der Waals surface area contributed by atoms with Crippen molar-refractivity contribution in [3.8, 4) is 0 Å². The van der Waals surface area contributed by atoms with Gasteiger partial charge in [-0.2, -0.15) is 0 Å². The Hall–Kier alpha value is -1.92. The van der Waals surface area contributed by atoms with E-state index in [1.807, 2.05) is 4.90 Å². The highest BCUT2D eigenvalue weighted by atomic mass is 16.3. The second kappa shape index (κ2) is 21.0. The maximum atomic E-state index is 12.3. The molecule has 184 valence electrons. The molecule has 0 radical (unpaired) electrons. The number of carbonyl (C=O) groups excluding carboxylic acids is 2. The Kier molecular flexibility index (Phi) is 19.7. The number of rotatable bonds is 19. The Morgan fingerprint density at radius 3 is 2.00 bits per heavy atom. The summed E-state index contributed by atoms with van der Waals surface area (Å²) in [6.07, 6.45) is 21.2. The Labute approximate surface area is 195 Å². The van der Waals surface area contributed by atoms with Gasteiger partial charge in [-0.3, -0.25) is 9.59 Å². The Morgan fingerprint density at radius 2 is 1.44 bits per heavy atom. The van der Waals surface area contributed by atoms with Gasteiger partial charge in [-0.1, -0.05) is 56.2 Å². The lowest BCUT2D eigenvalue weighted by molar-refractivity contribution is -0.133. The summed E-state index contributed by atoms with van der Waals surface area (Å²) in [4.78, 5) is 25.9. The molecular weight excluding hydrogens is 404 g/mol. The van der Waals surface area contributed by atoms with Crippen LogP contribution >= 0.6 is 0 Å². The van der Waals surface area contributed by atoms with E-state index in [0.717, 1.165) is 57.9 Å². The molecule has 0 unspecified atom stereocenters. The maximum absolute atomic E-state index is 12.3. The minimum Gasteiger partial charge on any atom is -0.394 e. The van der Waals surface area contributed by atoms with Gasteiger partial charge in [-0.25, -0.2) is 0 Å². The number of hydrogen-bond acceptors (Lipinski definition) is 4. The van der Waals surface area contributed by atoms with Gasteiger partial charge in [0, 0.05) is 25.4 Å². The van der Waals surface area contributed by atoms with E-state index in [1.54, 1.807) is 0 Å². The van der Waals surface area contributed by atoms with Crippen LogP contribution in [0, 0.1) is 0 Å². The third kappa shape index (κ3) is 16.7. The van der Waals surface area contributed by atoms with Crippen LogP contribution in [0.3, 0.4) is 0 Å². The molecule has 0 aliphatic rings. The van der Waals surface area contributed by atoms with Gasteiger partial charge in [-0.05, 0) is 52.4 Å². The summed E-state index contributed by atoms with van der Waals surface area (Å²) in [5.41, 5.74) is 0. The Balaban J connectivity index is 3.88. The van der Waals surface area contributed by atoms with E-state index in [1.165, 1.54) is 0 Å². The number of aliphatic hydroxyl groups is 2.